The lowest BCUT2D eigenvalue weighted by atomic mass is 10.1. The second kappa shape index (κ2) is 10.2. The van der Waals surface area contributed by atoms with E-state index in [0.717, 1.165) is 17.0 Å². The molecule has 1 aromatic heterocycles. The lowest BCUT2D eigenvalue weighted by molar-refractivity contribution is -0.139. The van der Waals surface area contributed by atoms with Gasteiger partial charge in [-0.15, -0.1) is 0 Å². The van der Waals surface area contributed by atoms with Gasteiger partial charge in [-0.25, -0.2) is 8.78 Å². The molecule has 1 saturated heterocycles. The summed E-state index contributed by atoms with van der Waals surface area (Å²) in [6.45, 7) is 0.299. The number of ketones is 1. The van der Waals surface area contributed by atoms with Gasteiger partial charge in [-0.1, -0.05) is 29.8 Å². The number of halogens is 3. The summed E-state index contributed by atoms with van der Waals surface area (Å²) < 4.78 is 62.4. The van der Waals surface area contributed by atoms with Crippen LogP contribution >= 0.6 is 11.6 Å². The molecule has 2 amide bonds. The molecule has 0 saturated carbocycles. The number of rotatable bonds is 7. The number of Topliss-reactive ketones (excluding diaryl/α,β-unsaturated/α-hetero) is 1. The number of alkyl halides is 1. The Morgan fingerprint density at radius 2 is 1.95 bits per heavy atom. The fourth-order valence-electron chi connectivity index (χ4n) is 4.37. The molecule has 2 aromatic carbocycles. The van der Waals surface area contributed by atoms with Crippen molar-refractivity contribution < 1.29 is 36.1 Å². The van der Waals surface area contributed by atoms with Crippen molar-refractivity contribution in [3.05, 3.63) is 64.6 Å². The third-order valence-electron chi connectivity index (χ3n) is 6.19. The molecule has 37 heavy (non-hydrogen) atoms. The van der Waals surface area contributed by atoms with Crippen LogP contribution in [-0.2, 0) is 32.8 Å². The smallest absolute Gasteiger partial charge is 0.294 e. The molecular formula is C24H22ClF2N3O6S. The largest absolute Gasteiger partial charge is 0.350 e. The van der Waals surface area contributed by atoms with Gasteiger partial charge in [0.15, 0.2) is 5.78 Å². The number of hydrogen-bond acceptors (Lipinski definition) is 5. The van der Waals surface area contributed by atoms with Gasteiger partial charge in [0, 0.05) is 35.7 Å². The fraction of sp³-hybridized carbons (Fsp3) is 0.292. The highest BCUT2D eigenvalue weighted by atomic mass is 35.5. The molecule has 0 bridgehead atoms. The second-order valence-electron chi connectivity index (χ2n) is 8.71. The van der Waals surface area contributed by atoms with Crippen molar-refractivity contribution in [3.8, 4) is 0 Å². The Labute approximate surface area is 215 Å². The average molecular weight is 554 g/mol. The Balaban J connectivity index is 1.57. The molecule has 0 aliphatic carbocycles. The summed E-state index contributed by atoms with van der Waals surface area (Å²) in [5.41, 5.74) is 0.521. The van der Waals surface area contributed by atoms with Crippen LogP contribution in [0, 0.1) is 5.82 Å². The van der Waals surface area contributed by atoms with E-state index in [4.69, 9.17) is 11.6 Å². The fourth-order valence-corrected chi connectivity index (χ4v) is 5.07. The highest BCUT2D eigenvalue weighted by Gasteiger charge is 2.39. The molecule has 1 fully saturated rings. The Bertz CT molecular complexity index is 1520. The molecule has 2 heterocycles. The predicted molar refractivity (Wildman–Crippen MR) is 130 cm³/mol. The Morgan fingerprint density at radius 1 is 1.22 bits per heavy atom. The number of benzene rings is 2. The van der Waals surface area contributed by atoms with Crippen molar-refractivity contribution in [2.45, 2.75) is 43.5 Å². The van der Waals surface area contributed by atoms with Gasteiger partial charge in [-0.2, -0.15) is 8.42 Å². The van der Waals surface area contributed by atoms with Gasteiger partial charge in [-0.3, -0.25) is 18.9 Å². The zero-order valence-electron chi connectivity index (χ0n) is 19.4. The van der Waals surface area contributed by atoms with Gasteiger partial charge < -0.3 is 14.8 Å². The standard InChI is InChI=1S/C24H22ClF2N3O6S/c1-13(31)18-11-29(20-8-16(37(34,35)36)5-6-17(18)20)12-22(32)30-10-15(26)7-21(30)24(33)28-9-14-3-2-4-19(25)23(14)27/h2-6,8,11,15,21H,7,9-10,12H2,1H3,(H,28,33)(H,34,35,36)/t15-,21+/m1/s1. The van der Waals surface area contributed by atoms with Crippen LogP contribution in [0.25, 0.3) is 10.9 Å². The first-order valence-electron chi connectivity index (χ1n) is 11.1. The SMILES string of the molecule is CC(=O)c1cn(CC(=O)N2C[C@H](F)C[C@H]2C(=O)NCc2cccc(Cl)c2F)c2cc(S(=O)(=O)O)ccc12. The number of hydrogen-bond donors (Lipinski definition) is 2. The van der Waals surface area contributed by atoms with Crippen LogP contribution in [0.15, 0.2) is 47.5 Å². The highest BCUT2D eigenvalue weighted by Crippen LogP contribution is 2.27. The van der Waals surface area contributed by atoms with E-state index in [1.807, 2.05) is 0 Å². The van der Waals surface area contributed by atoms with Crippen LogP contribution in [0.1, 0.15) is 29.3 Å². The van der Waals surface area contributed by atoms with Gasteiger partial charge in [-0.05, 0) is 25.1 Å². The summed E-state index contributed by atoms with van der Waals surface area (Å²) in [6.07, 6.45) is -0.366. The average Bonchev–Trinajstić information content (AvgIpc) is 3.40. The van der Waals surface area contributed by atoms with Crippen molar-refractivity contribution in [2.75, 3.05) is 6.54 Å². The minimum absolute atomic E-state index is 0.116. The number of aromatic nitrogens is 1. The molecule has 196 valence electrons. The van der Waals surface area contributed by atoms with Gasteiger partial charge >= 0.3 is 0 Å². The number of carbonyl (C=O) groups is 3. The van der Waals surface area contributed by atoms with Gasteiger partial charge in [0.25, 0.3) is 10.1 Å². The molecule has 4 rings (SSSR count). The normalized spacial score (nSPS) is 17.8. The first kappa shape index (κ1) is 26.7. The second-order valence-corrected chi connectivity index (χ2v) is 10.5. The Hall–Kier alpha value is -3.35. The van der Waals surface area contributed by atoms with Crippen molar-refractivity contribution >= 4 is 50.2 Å². The highest BCUT2D eigenvalue weighted by molar-refractivity contribution is 7.85. The number of carbonyl (C=O) groups excluding carboxylic acids is 3. The number of amides is 2. The Kier molecular flexibility index (Phi) is 7.36. The Morgan fingerprint density at radius 3 is 2.62 bits per heavy atom. The van der Waals surface area contributed by atoms with E-state index in [9.17, 15) is 36.1 Å². The summed E-state index contributed by atoms with van der Waals surface area (Å²) in [6, 6.07) is 6.74. The van der Waals surface area contributed by atoms with Crippen molar-refractivity contribution in [1.29, 1.82) is 0 Å². The van der Waals surface area contributed by atoms with Crippen LogP contribution in [0.3, 0.4) is 0 Å². The molecular weight excluding hydrogens is 532 g/mol. The minimum atomic E-state index is -4.56. The van der Waals surface area contributed by atoms with E-state index < -0.39 is 51.4 Å². The zero-order valence-corrected chi connectivity index (χ0v) is 21.0. The topological polar surface area (TPSA) is 126 Å². The van der Waals surface area contributed by atoms with E-state index in [0.29, 0.717) is 5.39 Å². The van der Waals surface area contributed by atoms with E-state index >= 15 is 0 Å². The number of nitrogens with one attached hydrogen (secondary N) is 1. The maximum atomic E-state index is 14.3. The van der Waals surface area contributed by atoms with Crippen LogP contribution in [0.5, 0.6) is 0 Å². The summed E-state index contributed by atoms with van der Waals surface area (Å²) in [4.78, 5) is 38.7. The van der Waals surface area contributed by atoms with Gasteiger partial charge in [0.2, 0.25) is 11.8 Å². The molecule has 9 nitrogen and oxygen atoms in total. The van der Waals surface area contributed by atoms with Gasteiger partial charge in [0.05, 0.1) is 22.0 Å². The quantitative estimate of drug-likeness (QED) is 0.342. The summed E-state index contributed by atoms with van der Waals surface area (Å²) in [5.74, 6) is -2.37. The minimum Gasteiger partial charge on any atom is -0.350 e. The van der Waals surface area contributed by atoms with Crippen LogP contribution < -0.4 is 5.32 Å². The first-order chi connectivity index (χ1) is 17.4. The summed E-state index contributed by atoms with van der Waals surface area (Å²) in [5, 5.41) is 2.75. The van der Waals surface area contributed by atoms with Crippen LogP contribution in [0.4, 0.5) is 8.78 Å². The number of likely N-dealkylation sites (tertiary alicyclic amines) is 1. The van der Waals surface area contributed by atoms with Crippen LogP contribution in [-0.4, -0.2) is 58.8 Å². The zero-order chi connectivity index (χ0) is 27.1. The molecule has 0 spiro atoms. The molecule has 2 atom stereocenters. The van der Waals surface area contributed by atoms with Crippen LogP contribution in [0.2, 0.25) is 5.02 Å². The molecule has 2 N–H and O–H groups in total. The lowest BCUT2D eigenvalue weighted by Crippen LogP contribution is -2.46. The third-order valence-corrected chi connectivity index (χ3v) is 7.34. The molecule has 0 radical (unpaired) electrons. The molecule has 0 unspecified atom stereocenters. The molecule has 13 heteroatoms. The van der Waals surface area contributed by atoms with E-state index in [-0.39, 0.29) is 47.0 Å². The summed E-state index contributed by atoms with van der Waals surface area (Å²) in [7, 11) is -4.56. The number of nitrogens with zero attached hydrogens (tertiary/aromatic N) is 2. The lowest BCUT2D eigenvalue weighted by Gasteiger charge is -2.24. The molecule has 3 aromatic rings. The van der Waals surface area contributed by atoms with Gasteiger partial charge in [0.1, 0.15) is 24.6 Å². The maximum absolute atomic E-state index is 14.3. The first-order valence-corrected chi connectivity index (χ1v) is 12.9. The van der Waals surface area contributed by atoms with E-state index in [2.05, 4.69) is 5.32 Å². The number of fused-ring (bicyclic) bond motifs is 1. The molecule has 1 aliphatic heterocycles. The van der Waals surface area contributed by atoms with Crippen molar-refractivity contribution in [3.63, 3.8) is 0 Å². The summed E-state index contributed by atoms with van der Waals surface area (Å²) >= 11 is 5.75. The third kappa shape index (κ3) is 5.50. The van der Waals surface area contributed by atoms with Crippen molar-refractivity contribution in [1.82, 2.24) is 14.8 Å². The monoisotopic (exact) mass is 553 g/mol. The van der Waals surface area contributed by atoms with E-state index in [1.165, 1.54) is 42.0 Å². The van der Waals surface area contributed by atoms with Crippen molar-refractivity contribution in [2.24, 2.45) is 0 Å². The maximum Gasteiger partial charge on any atom is 0.294 e. The predicted octanol–water partition coefficient (Wildman–Crippen LogP) is 3.14. The molecule has 1 aliphatic rings. The van der Waals surface area contributed by atoms with E-state index in [1.54, 1.807) is 0 Å².